The van der Waals surface area contributed by atoms with Crippen LogP contribution >= 0.6 is 15.9 Å². The summed E-state index contributed by atoms with van der Waals surface area (Å²) in [6.45, 7) is 4.21. The number of nitrogens with zero attached hydrogens (tertiary/aromatic N) is 1. The van der Waals surface area contributed by atoms with Crippen LogP contribution in [0.3, 0.4) is 0 Å². The standard InChI is InChI=1S/C18H16BrNO/c1-12(2)13-7-9-14(10-8-13)18(21)16(11-20)15-5-3-4-6-17(15)19/h3-10,12,16H,1-2H3. The molecule has 0 heterocycles. The van der Waals surface area contributed by atoms with Gasteiger partial charge in [-0.05, 0) is 23.1 Å². The molecule has 1 unspecified atom stereocenters. The van der Waals surface area contributed by atoms with Crippen molar-refractivity contribution in [2.24, 2.45) is 0 Å². The lowest BCUT2D eigenvalue weighted by Crippen LogP contribution is -2.12. The molecule has 0 bridgehead atoms. The largest absolute Gasteiger partial charge is 0.292 e. The molecule has 2 aromatic carbocycles. The molecule has 2 rings (SSSR count). The van der Waals surface area contributed by atoms with Crippen molar-refractivity contribution in [3.8, 4) is 6.07 Å². The van der Waals surface area contributed by atoms with Gasteiger partial charge in [0.05, 0.1) is 6.07 Å². The number of Topliss-reactive ketones (excluding diaryl/α,β-unsaturated/α-hetero) is 1. The molecule has 0 radical (unpaired) electrons. The smallest absolute Gasteiger partial charge is 0.184 e. The Hall–Kier alpha value is -1.92. The lowest BCUT2D eigenvalue weighted by atomic mass is 9.91. The van der Waals surface area contributed by atoms with Crippen LogP contribution in [0.4, 0.5) is 0 Å². The number of hydrogen-bond donors (Lipinski definition) is 0. The molecule has 2 aromatic rings. The van der Waals surface area contributed by atoms with Crippen LogP contribution in [0, 0.1) is 11.3 Å². The highest BCUT2D eigenvalue weighted by Gasteiger charge is 2.23. The van der Waals surface area contributed by atoms with E-state index in [2.05, 4.69) is 35.8 Å². The summed E-state index contributed by atoms with van der Waals surface area (Å²) in [6, 6.07) is 17.0. The van der Waals surface area contributed by atoms with E-state index < -0.39 is 5.92 Å². The average Bonchev–Trinajstić information content (AvgIpc) is 2.50. The fourth-order valence-corrected chi connectivity index (χ4v) is 2.69. The first-order valence-electron chi connectivity index (χ1n) is 6.82. The lowest BCUT2D eigenvalue weighted by molar-refractivity contribution is 0.0978. The predicted octanol–water partition coefficient (Wildman–Crippen LogP) is 5.06. The van der Waals surface area contributed by atoms with Gasteiger partial charge in [-0.1, -0.05) is 72.2 Å². The maximum Gasteiger partial charge on any atom is 0.184 e. The Bertz CT molecular complexity index is 683. The van der Waals surface area contributed by atoms with Crippen molar-refractivity contribution >= 4 is 21.7 Å². The minimum absolute atomic E-state index is 0.167. The highest BCUT2D eigenvalue weighted by Crippen LogP contribution is 2.28. The summed E-state index contributed by atoms with van der Waals surface area (Å²) in [5, 5.41) is 9.39. The molecule has 3 heteroatoms. The third-order valence-corrected chi connectivity index (χ3v) is 4.19. The van der Waals surface area contributed by atoms with Gasteiger partial charge >= 0.3 is 0 Å². The van der Waals surface area contributed by atoms with E-state index in [0.29, 0.717) is 17.0 Å². The first-order chi connectivity index (χ1) is 10.0. The van der Waals surface area contributed by atoms with Crippen LogP contribution in [0.1, 0.15) is 47.2 Å². The molecule has 0 N–H and O–H groups in total. The summed E-state index contributed by atoms with van der Waals surface area (Å²) < 4.78 is 0.781. The normalized spacial score (nSPS) is 12.0. The van der Waals surface area contributed by atoms with Crippen molar-refractivity contribution in [2.45, 2.75) is 25.7 Å². The second-order valence-electron chi connectivity index (χ2n) is 5.22. The zero-order valence-electron chi connectivity index (χ0n) is 12.0. The van der Waals surface area contributed by atoms with Crippen molar-refractivity contribution in [3.63, 3.8) is 0 Å². The Balaban J connectivity index is 2.33. The van der Waals surface area contributed by atoms with Gasteiger partial charge in [0.25, 0.3) is 0 Å². The Kier molecular flexibility index (Phi) is 4.93. The van der Waals surface area contributed by atoms with E-state index in [9.17, 15) is 10.1 Å². The zero-order chi connectivity index (χ0) is 15.4. The lowest BCUT2D eigenvalue weighted by Gasteiger charge is -2.11. The molecule has 0 saturated heterocycles. The van der Waals surface area contributed by atoms with E-state index in [1.165, 1.54) is 5.56 Å². The van der Waals surface area contributed by atoms with Gasteiger partial charge in [0.1, 0.15) is 5.92 Å². The SMILES string of the molecule is CC(C)c1ccc(C(=O)C(C#N)c2ccccc2Br)cc1. The fraction of sp³-hybridized carbons (Fsp3) is 0.222. The van der Waals surface area contributed by atoms with E-state index >= 15 is 0 Å². The van der Waals surface area contributed by atoms with Gasteiger partial charge in [0.15, 0.2) is 5.78 Å². The molecule has 0 amide bonds. The molecule has 0 saturated carbocycles. The van der Waals surface area contributed by atoms with Crippen LogP contribution in [0.2, 0.25) is 0 Å². The molecule has 0 spiro atoms. The molecule has 106 valence electrons. The molecular formula is C18H16BrNO. The van der Waals surface area contributed by atoms with Gasteiger partial charge in [0, 0.05) is 10.0 Å². The van der Waals surface area contributed by atoms with Crippen LogP contribution < -0.4 is 0 Å². The minimum atomic E-state index is -0.787. The van der Waals surface area contributed by atoms with Crippen LogP contribution in [0.15, 0.2) is 53.0 Å². The van der Waals surface area contributed by atoms with Crippen LogP contribution in [0.25, 0.3) is 0 Å². The van der Waals surface area contributed by atoms with Gasteiger partial charge in [-0.15, -0.1) is 0 Å². The average molecular weight is 342 g/mol. The Morgan fingerprint density at radius 3 is 2.24 bits per heavy atom. The molecule has 2 nitrogen and oxygen atoms in total. The number of nitriles is 1. The molecule has 0 aliphatic rings. The van der Waals surface area contributed by atoms with Crippen molar-refractivity contribution in [1.29, 1.82) is 5.26 Å². The highest BCUT2D eigenvalue weighted by molar-refractivity contribution is 9.10. The Morgan fingerprint density at radius 1 is 1.10 bits per heavy atom. The second kappa shape index (κ2) is 6.69. The first kappa shape index (κ1) is 15.5. The fourth-order valence-electron chi connectivity index (χ4n) is 2.18. The molecule has 0 aliphatic heterocycles. The van der Waals surface area contributed by atoms with Gasteiger partial charge in [-0.25, -0.2) is 0 Å². The van der Waals surface area contributed by atoms with Crippen molar-refractivity contribution in [1.82, 2.24) is 0 Å². The summed E-state index contributed by atoms with van der Waals surface area (Å²) >= 11 is 3.41. The summed E-state index contributed by atoms with van der Waals surface area (Å²) in [5.41, 5.74) is 2.46. The van der Waals surface area contributed by atoms with E-state index in [0.717, 1.165) is 4.47 Å². The topological polar surface area (TPSA) is 40.9 Å². The predicted molar refractivity (Wildman–Crippen MR) is 87.4 cm³/mol. The zero-order valence-corrected chi connectivity index (χ0v) is 13.6. The maximum atomic E-state index is 12.6. The monoisotopic (exact) mass is 341 g/mol. The summed E-state index contributed by atoms with van der Waals surface area (Å²) in [4.78, 5) is 12.6. The van der Waals surface area contributed by atoms with Crippen LogP contribution in [-0.4, -0.2) is 5.78 Å². The van der Waals surface area contributed by atoms with E-state index in [-0.39, 0.29) is 5.78 Å². The number of halogens is 1. The van der Waals surface area contributed by atoms with Gasteiger partial charge in [-0.2, -0.15) is 5.26 Å². The molecule has 21 heavy (non-hydrogen) atoms. The van der Waals surface area contributed by atoms with E-state index in [1.807, 2.05) is 30.3 Å². The van der Waals surface area contributed by atoms with Crippen molar-refractivity contribution < 1.29 is 4.79 Å². The third-order valence-electron chi connectivity index (χ3n) is 3.47. The van der Waals surface area contributed by atoms with Crippen molar-refractivity contribution in [2.75, 3.05) is 0 Å². The van der Waals surface area contributed by atoms with E-state index in [1.54, 1.807) is 18.2 Å². The third kappa shape index (κ3) is 3.40. The Morgan fingerprint density at radius 2 is 1.71 bits per heavy atom. The van der Waals surface area contributed by atoms with Crippen molar-refractivity contribution in [3.05, 3.63) is 69.7 Å². The van der Waals surface area contributed by atoms with E-state index in [4.69, 9.17) is 0 Å². The molecule has 0 fully saturated rings. The number of rotatable bonds is 4. The number of carbonyl (C=O) groups excluding carboxylic acids is 1. The quantitative estimate of drug-likeness (QED) is 0.729. The summed E-state index contributed by atoms with van der Waals surface area (Å²) in [7, 11) is 0. The second-order valence-corrected chi connectivity index (χ2v) is 6.08. The minimum Gasteiger partial charge on any atom is -0.292 e. The summed E-state index contributed by atoms with van der Waals surface area (Å²) in [5.74, 6) is -0.533. The van der Waals surface area contributed by atoms with Gasteiger partial charge in [0.2, 0.25) is 0 Å². The number of hydrogen-bond acceptors (Lipinski definition) is 2. The number of carbonyl (C=O) groups is 1. The van der Waals surface area contributed by atoms with Gasteiger partial charge in [-0.3, -0.25) is 4.79 Å². The van der Waals surface area contributed by atoms with Crippen LogP contribution in [0.5, 0.6) is 0 Å². The highest BCUT2D eigenvalue weighted by atomic mass is 79.9. The molecule has 0 aromatic heterocycles. The Labute approximate surface area is 133 Å². The molecular weight excluding hydrogens is 326 g/mol. The maximum absolute atomic E-state index is 12.6. The summed E-state index contributed by atoms with van der Waals surface area (Å²) in [6.07, 6.45) is 0. The molecule has 0 aliphatic carbocycles. The first-order valence-corrected chi connectivity index (χ1v) is 7.62. The molecule has 1 atom stereocenters. The number of benzene rings is 2. The number of ketones is 1. The van der Waals surface area contributed by atoms with Crippen LogP contribution in [-0.2, 0) is 0 Å². The van der Waals surface area contributed by atoms with Gasteiger partial charge < -0.3 is 0 Å².